The van der Waals surface area contributed by atoms with Crippen molar-refractivity contribution in [1.29, 1.82) is 0 Å². The normalized spacial score (nSPS) is 20.3. The summed E-state index contributed by atoms with van der Waals surface area (Å²) in [6.45, 7) is 0.573. The quantitative estimate of drug-likeness (QED) is 0.648. The van der Waals surface area contributed by atoms with Gasteiger partial charge in [0.1, 0.15) is 12.0 Å². The molecule has 0 saturated carbocycles. The Morgan fingerprint density at radius 2 is 2.07 bits per heavy atom. The van der Waals surface area contributed by atoms with E-state index in [4.69, 9.17) is 10.5 Å². The zero-order valence-corrected chi connectivity index (χ0v) is 7.73. The third kappa shape index (κ3) is 2.25. The molecule has 1 aromatic carbocycles. The summed E-state index contributed by atoms with van der Waals surface area (Å²) in [7, 11) is 0. The molecule has 1 aromatic rings. The molecule has 0 amide bonds. The monoisotopic (exact) mass is 191 g/mol. The van der Waals surface area contributed by atoms with Crippen LogP contribution in [0.4, 0.5) is 0 Å². The van der Waals surface area contributed by atoms with Crippen molar-refractivity contribution in [2.75, 3.05) is 0 Å². The lowest BCUT2D eigenvalue weighted by molar-refractivity contribution is 0.0507. The van der Waals surface area contributed by atoms with Gasteiger partial charge in [0, 0.05) is 6.08 Å². The Morgan fingerprint density at radius 1 is 1.29 bits per heavy atom. The summed E-state index contributed by atoms with van der Waals surface area (Å²) in [5.41, 5.74) is 12.3. The van der Waals surface area contributed by atoms with Crippen molar-refractivity contribution in [2.45, 2.75) is 12.8 Å². The molecule has 1 aliphatic rings. The van der Waals surface area contributed by atoms with Crippen molar-refractivity contribution in [3.63, 3.8) is 0 Å². The third-order valence-electron chi connectivity index (χ3n) is 1.96. The highest BCUT2D eigenvalue weighted by atomic mass is 16.5. The number of nitrogens with one attached hydrogen (secondary N) is 2. The number of hydrogen-bond acceptors (Lipinski definition) is 4. The van der Waals surface area contributed by atoms with Gasteiger partial charge < -0.3 is 15.9 Å². The van der Waals surface area contributed by atoms with Crippen molar-refractivity contribution < 1.29 is 4.74 Å². The number of ether oxygens (including phenoxy) is 1. The van der Waals surface area contributed by atoms with Gasteiger partial charge in [-0.25, -0.2) is 5.43 Å². The molecule has 14 heavy (non-hydrogen) atoms. The van der Waals surface area contributed by atoms with Crippen LogP contribution in [-0.2, 0) is 11.3 Å². The molecule has 2 rings (SSSR count). The van der Waals surface area contributed by atoms with Gasteiger partial charge in [0.25, 0.3) is 0 Å². The van der Waals surface area contributed by atoms with Gasteiger partial charge in [-0.3, -0.25) is 0 Å². The first-order valence-corrected chi connectivity index (χ1v) is 4.49. The number of rotatable bonds is 3. The molecule has 0 radical (unpaired) electrons. The van der Waals surface area contributed by atoms with Gasteiger partial charge in [0.2, 0.25) is 0 Å². The van der Waals surface area contributed by atoms with Crippen LogP contribution in [-0.4, -0.2) is 6.23 Å². The van der Waals surface area contributed by atoms with Gasteiger partial charge in [-0.05, 0) is 5.56 Å². The van der Waals surface area contributed by atoms with Crippen LogP contribution >= 0.6 is 0 Å². The maximum absolute atomic E-state index is 5.53. The van der Waals surface area contributed by atoms with E-state index in [2.05, 4.69) is 10.9 Å². The Labute approximate surface area is 82.7 Å². The second kappa shape index (κ2) is 4.13. The van der Waals surface area contributed by atoms with Gasteiger partial charge in [-0.1, -0.05) is 30.3 Å². The Balaban J connectivity index is 1.84. The molecule has 1 heterocycles. The zero-order chi connectivity index (χ0) is 9.80. The summed E-state index contributed by atoms with van der Waals surface area (Å²) in [5.74, 6) is 0.600. The molecule has 0 saturated heterocycles. The molecular weight excluding hydrogens is 178 g/mol. The predicted molar refractivity (Wildman–Crippen MR) is 53.6 cm³/mol. The highest BCUT2D eigenvalue weighted by Gasteiger charge is 2.11. The highest BCUT2D eigenvalue weighted by molar-refractivity contribution is 5.13. The second-order valence-electron chi connectivity index (χ2n) is 3.11. The minimum atomic E-state index is -0.143. The summed E-state index contributed by atoms with van der Waals surface area (Å²) in [6, 6.07) is 10.0. The average molecular weight is 191 g/mol. The first-order chi connectivity index (χ1) is 6.84. The average Bonchev–Trinajstić information content (AvgIpc) is 2.63. The first kappa shape index (κ1) is 9.05. The Hall–Kier alpha value is -1.52. The minimum Gasteiger partial charge on any atom is -0.385 e. The van der Waals surface area contributed by atoms with E-state index in [9.17, 15) is 0 Å². The van der Waals surface area contributed by atoms with E-state index in [1.807, 2.05) is 30.3 Å². The largest absolute Gasteiger partial charge is 0.385 e. The van der Waals surface area contributed by atoms with Crippen molar-refractivity contribution in [2.24, 2.45) is 5.73 Å². The van der Waals surface area contributed by atoms with Crippen LogP contribution in [0.2, 0.25) is 0 Å². The van der Waals surface area contributed by atoms with E-state index in [1.165, 1.54) is 0 Å². The van der Waals surface area contributed by atoms with Gasteiger partial charge in [-0.2, -0.15) is 0 Å². The van der Waals surface area contributed by atoms with E-state index >= 15 is 0 Å². The minimum absolute atomic E-state index is 0.143. The van der Waals surface area contributed by atoms with Crippen LogP contribution in [0.5, 0.6) is 0 Å². The fourth-order valence-corrected chi connectivity index (χ4v) is 1.25. The SMILES string of the molecule is NC1=CC(OCc2ccccc2)NN1. The molecule has 1 unspecified atom stereocenters. The third-order valence-corrected chi connectivity index (χ3v) is 1.96. The number of hydrazine groups is 1. The molecule has 1 aliphatic heterocycles. The van der Waals surface area contributed by atoms with Gasteiger partial charge in [-0.15, -0.1) is 0 Å². The molecule has 0 bridgehead atoms. The van der Waals surface area contributed by atoms with Crippen LogP contribution in [0.15, 0.2) is 42.2 Å². The van der Waals surface area contributed by atoms with Crippen molar-refractivity contribution in [3.05, 3.63) is 47.8 Å². The van der Waals surface area contributed by atoms with Crippen LogP contribution in [0.1, 0.15) is 5.56 Å². The van der Waals surface area contributed by atoms with Crippen LogP contribution in [0.25, 0.3) is 0 Å². The summed E-state index contributed by atoms with van der Waals surface area (Å²) in [6.07, 6.45) is 1.65. The van der Waals surface area contributed by atoms with Crippen LogP contribution in [0.3, 0.4) is 0 Å². The van der Waals surface area contributed by atoms with Gasteiger partial charge in [0.15, 0.2) is 0 Å². The zero-order valence-electron chi connectivity index (χ0n) is 7.73. The highest BCUT2D eigenvalue weighted by Crippen LogP contribution is 2.04. The summed E-state index contributed by atoms with van der Waals surface area (Å²) in [5, 5.41) is 0. The summed E-state index contributed by atoms with van der Waals surface area (Å²) < 4.78 is 5.53. The molecule has 4 N–H and O–H groups in total. The van der Waals surface area contributed by atoms with E-state index < -0.39 is 0 Å². The Bertz CT molecular complexity index is 323. The van der Waals surface area contributed by atoms with E-state index in [0.717, 1.165) is 5.56 Å². The Kier molecular flexibility index (Phi) is 2.67. The lowest BCUT2D eigenvalue weighted by Crippen LogP contribution is -2.34. The number of hydrogen-bond donors (Lipinski definition) is 3. The van der Waals surface area contributed by atoms with Crippen molar-refractivity contribution in [1.82, 2.24) is 10.9 Å². The molecule has 1 atom stereocenters. The molecule has 0 fully saturated rings. The second-order valence-corrected chi connectivity index (χ2v) is 3.11. The summed E-state index contributed by atoms with van der Waals surface area (Å²) in [4.78, 5) is 0. The number of nitrogens with two attached hydrogens (primary N) is 1. The van der Waals surface area contributed by atoms with Gasteiger partial charge in [0.05, 0.1) is 6.61 Å². The molecule has 4 nitrogen and oxygen atoms in total. The molecule has 4 heteroatoms. The van der Waals surface area contributed by atoms with E-state index in [1.54, 1.807) is 6.08 Å². The maximum Gasteiger partial charge on any atom is 0.147 e. The Morgan fingerprint density at radius 3 is 2.71 bits per heavy atom. The molecule has 0 spiro atoms. The fraction of sp³-hybridized carbons (Fsp3) is 0.200. The molecule has 0 aliphatic carbocycles. The maximum atomic E-state index is 5.53. The molecule has 74 valence electrons. The lowest BCUT2D eigenvalue weighted by Gasteiger charge is -2.09. The summed E-state index contributed by atoms with van der Waals surface area (Å²) >= 11 is 0. The topological polar surface area (TPSA) is 59.3 Å². The lowest BCUT2D eigenvalue weighted by atomic mass is 10.2. The molecular formula is C10H13N3O. The van der Waals surface area contributed by atoms with Crippen molar-refractivity contribution in [3.8, 4) is 0 Å². The van der Waals surface area contributed by atoms with Crippen LogP contribution in [0, 0.1) is 0 Å². The van der Waals surface area contributed by atoms with Gasteiger partial charge >= 0.3 is 0 Å². The number of benzene rings is 1. The predicted octanol–water partition coefficient (Wildman–Crippen LogP) is 0.437. The first-order valence-electron chi connectivity index (χ1n) is 4.49. The van der Waals surface area contributed by atoms with Crippen LogP contribution < -0.4 is 16.6 Å². The molecule has 0 aromatic heterocycles. The van der Waals surface area contributed by atoms with Crippen molar-refractivity contribution >= 4 is 0 Å². The van der Waals surface area contributed by atoms with E-state index in [-0.39, 0.29) is 6.23 Å². The smallest absolute Gasteiger partial charge is 0.147 e. The fourth-order valence-electron chi connectivity index (χ4n) is 1.25. The standard InChI is InChI=1S/C10H13N3O/c11-9-6-10(13-12-9)14-7-8-4-2-1-3-5-8/h1-6,10,12-13H,7,11H2. The van der Waals surface area contributed by atoms with E-state index in [0.29, 0.717) is 12.4 Å².